The molecule has 0 aliphatic rings. The summed E-state index contributed by atoms with van der Waals surface area (Å²) in [5.41, 5.74) is 0. The Morgan fingerprint density at radius 1 is 0.639 bits per heavy atom. The zero-order valence-electron chi connectivity index (χ0n) is 22.3. The molecule has 0 aromatic rings. The number of carbonyl (C=O) groups is 7. The van der Waals surface area contributed by atoms with Gasteiger partial charge in [0.05, 0.1) is 0 Å². The molecule has 0 aliphatic heterocycles. The van der Waals surface area contributed by atoms with Gasteiger partial charge >= 0.3 is 0 Å². The third-order valence-electron chi connectivity index (χ3n) is 5.47. The fourth-order valence-corrected chi connectivity index (χ4v) is 4.09. The van der Waals surface area contributed by atoms with Crippen LogP contribution in [-0.4, -0.2) is 60.0 Å². The molecule has 0 heterocycles. The van der Waals surface area contributed by atoms with E-state index in [2.05, 4.69) is 16.0 Å². The highest BCUT2D eigenvalue weighted by Crippen LogP contribution is 2.10. The third-order valence-corrected chi connectivity index (χ3v) is 5.47. The Morgan fingerprint density at radius 2 is 1.11 bits per heavy atom. The van der Waals surface area contributed by atoms with E-state index >= 15 is 0 Å². The van der Waals surface area contributed by atoms with Crippen molar-refractivity contribution in [2.75, 3.05) is 6.54 Å². The Bertz CT molecular complexity index is 781. The van der Waals surface area contributed by atoms with E-state index in [9.17, 15) is 33.6 Å². The van der Waals surface area contributed by atoms with Gasteiger partial charge in [0, 0.05) is 63.6 Å². The lowest BCUT2D eigenvalue weighted by molar-refractivity contribution is -0.126. The van der Waals surface area contributed by atoms with Crippen molar-refractivity contribution in [3.63, 3.8) is 0 Å². The Kier molecular flexibility index (Phi) is 16.9. The SMILES string of the molecule is CC(=O)CC(C)CC(=O)NCCCC(CC=O)NC(=O)CC(CC(C)=O)NC(=O)CC(C)CC(C)=O. The predicted molar refractivity (Wildman–Crippen MR) is 135 cm³/mol. The molecule has 0 bridgehead atoms. The predicted octanol–water partition coefficient (Wildman–Crippen LogP) is 1.82. The van der Waals surface area contributed by atoms with E-state index in [1.165, 1.54) is 20.8 Å². The van der Waals surface area contributed by atoms with E-state index in [4.69, 9.17) is 0 Å². The summed E-state index contributed by atoms with van der Waals surface area (Å²) in [6.45, 7) is 8.32. The third kappa shape index (κ3) is 18.4. The summed E-state index contributed by atoms with van der Waals surface area (Å²) >= 11 is 0. The van der Waals surface area contributed by atoms with Crippen molar-refractivity contribution < 1.29 is 33.6 Å². The lowest BCUT2D eigenvalue weighted by atomic mass is 10.00. The summed E-state index contributed by atoms with van der Waals surface area (Å²) in [5, 5.41) is 8.27. The van der Waals surface area contributed by atoms with Gasteiger partial charge in [-0.2, -0.15) is 0 Å². The van der Waals surface area contributed by atoms with Crippen molar-refractivity contribution >= 4 is 41.4 Å². The standard InChI is InChI=1S/C26H43N3O7/c1-17(11-19(3)31)13-24(34)27-9-6-7-22(8-10-30)28-26(36)16-23(15-21(5)33)29-25(35)14-18(2)12-20(4)32/h10,17-18,22-23H,6-9,11-16H2,1-5H3,(H,27,34)(H,28,36)(H,29,35). The summed E-state index contributed by atoms with van der Waals surface area (Å²) in [7, 11) is 0. The second-order valence-electron chi connectivity index (χ2n) is 9.96. The molecular weight excluding hydrogens is 466 g/mol. The summed E-state index contributed by atoms with van der Waals surface area (Å²) in [6, 6.07) is -1.12. The molecule has 10 nitrogen and oxygen atoms in total. The Labute approximate surface area is 214 Å². The average molecular weight is 510 g/mol. The molecule has 0 rings (SSSR count). The number of rotatable bonds is 20. The first-order valence-corrected chi connectivity index (χ1v) is 12.6. The van der Waals surface area contributed by atoms with Gasteiger partial charge in [0.1, 0.15) is 23.6 Å². The van der Waals surface area contributed by atoms with Gasteiger partial charge in [-0.25, -0.2) is 0 Å². The molecule has 0 aromatic heterocycles. The molecule has 0 spiro atoms. The molecule has 0 aromatic carbocycles. The maximum Gasteiger partial charge on any atom is 0.222 e. The largest absolute Gasteiger partial charge is 0.356 e. The molecular formula is C26H43N3O7. The lowest BCUT2D eigenvalue weighted by Crippen LogP contribution is -2.43. The highest BCUT2D eigenvalue weighted by atomic mass is 16.2. The molecule has 204 valence electrons. The Morgan fingerprint density at radius 3 is 1.61 bits per heavy atom. The van der Waals surface area contributed by atoms with E-state index in [1.807, 2.05) is 6.92 Å². The summed E-state index contributed by atoms with van der Waals surface area (Å²) in [5.74, 6) is -1.22. The number of hydrogen-bond donors (Lipinski definition) is 3. The average Bonchev–Trinajstić information content (AvgIpc) is 2.68. The van der Waals surface area contributed by atoms with Gasteiger partial charge in [-0.05, 0) is 45.4 Å². The van der Waals surface area contributed by atoms with E-state index in [0.717, 1.165) is 0 Å². The second-order valence-corrected chi connectivity index (χ2v) is 9.96. The second kappa shape index (κ2) is 18.4. The topological polar surface area (TPSA) is 156 Å². The maximum absolute atomic E-state index is 12.6. The number of hydrogen-bond acceptors (Lipinski definition) is 7. The smallest absolute Gasteiger partial charge is 0.222 e. The highest BCUT2D eigenvalue weighted by Gasteiger charge is 2.21. The van der Waals surface area contributed by atoms with Gasteiger partial charge in [-0.3, -0.25) is 19.2 Å². The number of ketones is 3. The van der Waals surface area contributed by atoms with Crippen LogP contribution in [0.5, 0.6) is 0 Å². The zero-order chi connectivity index (χ0) is 27.7. The van der Waals surface area contributed by atoms with Crippen LogP contribution in [0.15, 0.2) is 0 Å². The maximum atomic E-state index is 12.6. The van der Waals surface area contributed by atoms with Gasteiger partial charge in [-0.1, -0.05) is 13.8 Å². The van der Waals surface area contributed by atoms with Crippen LogP contribution in [0.1, 0.15) is 92.4 Å². The number of amides is 3. The van der Waals surface area contributed by atoms with E-state index in [-0.39, 0.29) is 79.5 Å². The first-order valence-electron chi connectivity index (χ1n) is 12.6. The van der Waals surface area contributed by atoms with Crippen molar-refractivity contribution in [1.82, 2.24) is 16.0 Å². The fourth-order valence-electron chi connectivity index (χ4n) is 4.09. The minimum Gasteiger partial charge on any atom is -0.356 e. The van der Waals surface area contributed by atoms with Crippen LogP contribution >= 0.6 is 0 Å². The molecule has 0 aliphatic carbocycles. The van der Waals surface area contributed by atoms with Gasteiger partial charge in [0.15, 0.2) is 0 Å². The number of nitrogens with one attached hydrogen (secondary N) is 3. The van der Waals surface area contributed by atoms with Crippen molar-refractivity contribution in [2.45, 2.75) is 104 Å². The first-order chi connectivity index (χ1) is 16.8. The minimum atomic E-state index is -0.687. The molecule has 3 N–H and O–H groups in total. The Balaban J connectivity index is 4.67. The number of aldehydes is 1. The number of carbonyl (C=O) groups excluding carboxylic acids is 7. The zero-order valence-corrected chi connectivity index (χ0v) is 22.3. The fraction of sp³-hybridized carbons (Fsp3) is 0.731. The molecule has 10 heteroatoms. The molecule has 0 fully saturated rings. The molecule has 4 atom stereocenters. The lowest BCUT2D eigenvalue weighted by Gasteiger charge is -2.21. The normalized spacial score (nSPS) is 14.0. The number of Topliss-reactive ketones (excluding diaryl/α,β-unsaturated/α-hetero) is 3. The highest BCUT2D eigenvalue weighted by molar-refractivity contribution is 5.83. The van der Waals surface area contributed by atoms with Crippen molar-refractivity contribution in [1.29, 1.82) is 0 Å². The summed E-state index contributed by atoms with van der Waals surface area (Å²) in [6.07, 6.45) is 2.67. The van der Waals surface area contributed by atoms with E-state index in [1.54, 1.807) is 6.92 Å². The van der Waals surface area contributed by atoms with Crippen molar-refractivity contribution in [2.24, 2.45) is 11.8 Å². The van der Waals surface area contributed by atoms with E-state index < -0.39 is 18.0 Å². The molecule has 36 heavy (non-hydrogen) atoms. The quantitative estimate of drug-likeness (QED) is 0.167. The van der Waals surface area contributed by atoms with Crippen LogP contribution in [0.3, 0.4) is 0 Å². The van der Waals surface area contributed by atoms with Crippen LogP contribution in [0.4, 0.5) is 0 Å². The molecule has 0 radical (unpaired) electrons. The van der Waals surface area contributed by atoms with Gasteiger partial charge < -0.3 is 30.3 Å². The van der Waals surface area contributed by atoms with Crippen molar-refractivity contribution in [3.05, 3.63) is 0 Å². The van der Waals surface area contributed by atoms with Gasteiger partial charge in [-0.15, -0.1) is 0 Å². The molecule has 0 saturated carbocycles. The van der Waals surface area contributed by atoms with Gasteiger partial charge in [0.2, 0.25) is 17.7 Å². The summed E-state index contributed by atoms with van der Waals surface area (Å²) < 4.78 is 0. The van der Waals surface area contributed by atoms with Crippen LogP contribution in [0.25, 0.3) is 0 Å². The van der Waals surface area contributed by atoms with Crippen LogP contribution < -0.4 is 16.0 Å². The first kappa shape index (κ1) is 33.1. The van der Waals surface area contributed by atoms with Crippen LogP contribution in [-0.2, 0) is 33.6 Å². The molecule has 3 amide bonds. The monoisotopic (exact) mass is 509 g/mol. The van der Waals surface area contributed by atoms with Crippen LogP contribution in [0.2, 0.25) is 0 Å². The molecule has 0 saturated heterocycles. The van der Waals surface area contributed by atoms with Gasteiger partial charge in [0.25, 0.3) is 0 Å². The summed E-state index contributed by atoms with van der Waals surface area (Å²) in [4.78, 5) is 81.9. The van der Waals surface area contributed by atoms with Crippen LogP contribution in [0, 0.1) is 11.8 Å². The van der Waals surface area contributed by atoms with E-state index in [0.29, 0.717) is 32.1 Å². The Hall–Kier alpha value is -2.91. The van der Waals surface area contributed by atoms with Crippen molar-refractivity contribution in [3.8, 4) is 0 Å². The molecule has 4 unspecified atom stereocenters. The minimum absolute atomic E-state index is 0.00726.